The lowest BCUT2D eigenvalue weighted by Crippen LogP contribution is -2.49. The van der Waals surface area contributed by atoms with E-state index in [1.165, 1.54) is 7.11 Å². The number of carbonyl (C=O) groups is 2. The molecule has 33 heavy (non-hydrogen) atoms. The van der Waals surface area contributed by atoms with Gasteiger partial charge < -0.3 is 14.5 Å². The van der Waals surface area contributed by atoms with Crippen LogP contribution in [-0.4, -0.2) is 56.6 Å². The number of hydrogen-bond acceptors (Lipinski definition) is 5. The van der Waals surface area contributed by atoms with Gasteiger partial charge in [-0.3, -0.25) is 9.69 Å². The van der Waals surface area contributed by atoms with Crippen molar-refractivity contribution in [1.29, 1.82) is 0 Å². The normalized spacial score (nSPS) is 15.2. The van der Waals surface area contributed by atoms with Crippen LogP contribution in [0.15, 0.2) is 54.6 Å². The van der Waals surface area contributed by atoms with Crippen LogP contribution in [0.1, 0.15) is 51.1 Å². The highest BCUT2D eigenvalue weighted by molar-refractivity contribution is 5.93. The number of nitrogens with zero attached hydrogens (tertiary/aromatic N) is 3. The Morgan fingerprint density at radius 2 is 1.61 bits per heavy atom. The Morgan fingerprint density at radius 3 is 2.18 bits per heavy atom. The number of hydrogen-bond donors (Lipinski definition) is 0. The molecule has 0 aliphatic carbocycles. The smallest absolute Gasteiger partial charge is 0.327 e. The molecule has 1 atom stereocenters. The molecule has 6 nitrogen and oxygen atoms in total. The zero-order valence-corrected chi connectivity index (χ0v) is 20.2. The van der Waals surface area contributed by atoms with E-state index in [1.807, 2.05) is 54.3 Å². The van der Waals surface area contributed by atoms with Crippen molar-refractivity contribution in [2.45, 2.75) is 45.6 Å². The summed E-state index contributed by atoms with van der Waals surface area (Å²) in [5, 5.41) is 0. The third-order valence-corrected chi connectivity index (χ3v) is 6.36. The van der Waals surface area contributed by atoms with E-state index in [0.717, 1.165) is 62.4 Å². The molecule has 0 aromatic heterocycles. The Labute approximate surface area is 198 Å². The summed E-state index contributed by atoms with van der Waals surface area (Å²) < 4.78 is 5.10. The number of unbranched alkanes of at least 4 members (excludes halogenated alkanes) is 2. The van der Waals surface area contributed by atoms with Crippen molar-refractivity contribution in [3.8, 4) is 0 Å². The van der Waals surface area contributed by atoms with Gasteiger partial charge in [0.2, 0.25) is 5.91 Å². The minimum atomic E-state index is -0.377. The maximum Gasteiger partial charge on any atom is 0.327 e. The fourth-order valence-electron chi connectivity index (χ4n) is 4.49. The molecule has 3 rings (SSSR count). The molecule has 1 aliphatic rings. The number of anilines is 2. The summed E-state index contributed by atoms with van der Waals surface area (Å²) in [5.74, 6) is -0.0238. The van der Waals surface area contributed by atoms with Crippen LogP contribution in [0.5, 0.6) is 0 Å². The molecular weight excluding hydrogens is 414 g/mol. The van der Waals surface area contributed by atoms with Crippen molar-refractivity contribution in [1.82, 2.24) is 4.90 Å². The van der Waals surface area contributed by atoms with Gasteiger partial charge in [0.05, 0.1) is 7.11 Å². The van der Waals surface area contributed by atoms with E-state index in [9.17, 15) is 9.59 Å². The Kier molecular flexibility index (Phi) is 9.31. The first-order chi connectivity index (χ1) is 16.1. The van der Waals surface area contributed by atoms with Crippen LogP contribution in [-0.2, 0) is 14.3 Å². The molecule has 0 radical (unpaired) electrons. The van der Waals surface area contributed by atoms with Gasteiger partial charge in [0, 0.05) is 50.5 Å². The number of piperazine rings is 1. The number of esters is 1. The maximum absolute atomic E-state index is 12.6. The zero-order chi connectivity index (χ0) is 23.6. The van der Waals surface area contributed by atoms with Gasteiger partial charge in [-0.15, -0.1) is 0 Å². The predicted octanol–water partition coefficient (Wildman–Crippen LogP) is 4.66. The number of ether oxygens (including phenoxy) is 1. The van der Waals surface area contributed by atoms with Crippen LogP contribution >= 0.6 is 0 Å². The number of methoxy groups -OCH3 is 1. The molecule has 1 heterocycles. The van der Waals surface area contributed by atoms with Crippen molar-refractivity contribution in [2.75, 3.05) is 49.6 Å². The lowest BCUT2D eigenvalue weighted by molar-refractivity contribution is -0.147. The monoisotopic (exact) mass is 451 g/mol. The predicted molar refractivity (Wildman–Crippen MR) is 134 cm³/mol. The molecule has 1 fully saturated rings. The summed E-state index contributed by atoms with van der Waals surface area (Å²) in [4.78, 5) is 31.5. The molecule has 1 unspecified atom stereocenters. The summed E-state index contributed by atoms with van der Waals surface area (Å²) >= 11 is 0. The van der Waals surface area contributed by atoms with Gasteiger partial charge in [-0.05, 0) is 43.2 Å². The summed E-state index contributed by atoms with van der Waals surface area (Å²) in [5.41, 5.74) is 3.06. The first kappa shape index (κ1) is 24.8. The van der Waals surface area contributed by atoms with E-state index < -0.39 is 0 Å². The van der Waals surface area contributed by atoms with Crippen molar-refractivity contribution in [2.24, 2.45) is 0 Å². The van der Waals surface area contributed by atoms with Crippen LogP contribution in [0.4, 0.5) is 11.4 Å². The number of amides is 1. The fraction of sp³-hybridized carbons (Fsp3) is 0.481. The van der Waals surface area contributed by atoms with Crippen LogP contribution in [0.3, 0.4) is 0 Å². The van der Waals surface area contributed by atoms with Crippen LogP contribution in [0.25, 0.3) is 0 Å². The second-order valence-corrected chi connectivity index (χ2v) is 8.47. The number of carbonyl (C=O) groups excluding carboxylic acids is 2. The van der Waals surface area contributed by atoms with Crippen molar-refractivity contribution >= 4 is 23.3 Å². The van der Waals surface area contributed by atoms with Gasteiger partial charge in [-0.2, -0.15) is 0 Å². The minimum Gasteiger partial charge on any atom is -0.468 e. The molecule has 6 heteroatoms. The van der Waals surface area contributed by atoms with Crippen molar-refractivity contribution < 1.29 is 14.3 Å². The Hall–Kier alpha value is -2.86. The van der Waals surface area contributed by atoms with Gasteiger partial charge in [0.25, 0.3) is 0 Å². The molecule has 0 bridgehead atoms. The van der Waals surface area contributed by atoms with E-state index in [-0.39, 0.29) is 17.9 Å². The largest absolute Gasteiger partial charge is 0.468 e. The lowest BCUT2D eigenvalue weighted by Gasteiger charge is -2.39. The van der Waals surface area contributed by atoms with E-state index in [4.69, 9.17) is 4.74 Å². The van der Waals surface area contributed by atoms with Crippen LogP contribution < -0.4 is 9.80 Å². The van der Waals surface area contributed by atoms with Crippen molar-refractivity contribution in [3.05, 3.63) is 60.2 Å². The average Bonchev–Trinajstić information content (AvgIpc) is 2.86. The van der Waals surface area contributed by atoms with E-state index in [0.29, 0.717) is 13.0 Å². The van der Waals surface area contributed by atoms with Gasteiger partial charge in [0.15, 0.2) is 0 Å². The molecule has 1 aliphatic heterocycles. The highest BCUT2D eigenvalue weighted by atomic mass is 16.5. The molecule has 2 aromatic carbocycles. The topological polar surface area (TPSA) is 53.1 Å². The Morgan fingerprint density at radius 1 is 0.939 bits per heavy atom. The van der Waals surface area contributed by atoms with E-state index in [1.54, 1.807) is 0 Å². The maximum atomic E-state index is 12.6. The van der Waals surface area contributed by atoms with Gasteiger partial charge in [0.1, 0.15) is 6.04 Å². The third kappa shape index (κ3) is 6.35. The first-order valence-electron chi connectivity index (χ1n) is 12.1. The molecule has 1 saturated heterocycles. The average molecular weight is 452 g/mol. The molecule has 1 amide bonds. The summed E-state index contributed by atoms with van der Waals surface area (Å²) in [6.07, 6.45) is 3.76. The third-order valence-electron chi connectivity index (χ3n) is 6.36. The highest BCUT2D eigenvalue weighted by Gasteiger charge is 2.31. The Balaban J connectivity index is 1.62. The second kappa shape index (κ2) is 12.4. The molecule has 0 saturated carbocycles. The van der Waals surface area contributed by atoms with Crippen LogP contribution in [0, 0.1) is 0 Å². The van der Waals surface area contributed by atoms with Gasteiger partial charge in [-0.25, -0.2) is 4.79 Å². The lowest BCUT2D eigenvalue weighted by atomic mass is 10.0. The number of benzene rings is 2. The quantitative estimate of drug-likeness (QED) is 0.389. The Bertz CT molecular complexity index is 877. The summed E-state index contributed by atoms with van der Waals surface area (Å²) in [6.45, 7) is 8.05. The van der Waals surface area contributed by atoms with E-state index >= 15 is 0 Å². The molecule has 0 N–H and O–H groups in total. The van der Waals surface area contributed by atoms with Crippen molar-refractivity contribution in [3.63, 3.8) is 0 Å². The summed E-state index contributed by atoms with van der Waals surface area (Å²) in [6, 6.07) is 17.7. The zero-order valence-electron chi connectivity index (χ0n) is 20.2. The summed E-state index contributed by atoms with van der Waals surface area (Å²) in [7, 11) is 1.45. The standard InChI is InChI=1S/C27H37N3O3/c1-4-6-8-13-25(31)30(5-2)24-16-14-23(15-17-24)28-18-20-29(21-19-28)26(27(32)33-3)22-11-9-7-10-12-22/h7,9-12,14-17,26H,4-6,8,13,18-21H2,1-3H3. The second-order valence-electron chi connectivity index (χ2n) is 8.47. The molecular formula is C27H37N3O3. The number of rotatable bonds is 10. The van der Waals surface area contributed by atoms with Gasteiger partial charge in [-0.1, -0.05) is 50.1 Å². The van der Waals surface area contributed by atoms with Gasteiger partial charge >= 0.3 is 5.97 Å². The fourth-order valence-corrected chi connectivity index (χ4v) is 4.49. The minimum absolute atomic E-state index is 0.196. The first-order valence-corrected chi connectivity index (χ1v) is 12.1. The SMILES string of the molecule is CCCCCC(=O)N(CC)c1ccc(N2CCN(C(C(=O)OC)c3ccccc3)CC2)cc1. The van der Waals surface area contributed by atoms with E-state index in [2.05, 4.69) is 28.9 Å². The molecule has 2 aromatic rings. The van der Waals surface area contributed by atoms with Crippen LogP contribution in [0.2, 0.25) is 0 Å². The molecule has 178 valence electrons. The molecule has 0 spiro atoms. The highest BCUT2D eigenvalue weighted by Crippen LogP contribution is 2.27.